The SMILES string of the molecule is Oc1[nH]c2cc(-c3cccnc3)ccc2c1/C=c1\ccc2c(c1)N=NC=2. The third-order valence-corrected chi connectivity index (χ3v) is 4.54. The summed E-state index contributed by atoms with van der Waals surface area (Å²) in [5.41, 5.74) is 4.57. The average molecular weight is 338 g/mol. The minimum atomic E-state index is 0.150. The van der Waals surface area contributed by atoms with Crippen molar-refractivity contribution in [2.45, 2.75) is 0 Å². The highest BCUT2D eigenvalue weighted by molar-refractivity contribution is 5.94. The Bertz CT molecular complexity index is 1290. The first-order chi connectivity index (χ1) is 12.8. The van der Waals surface area contributed by atoms with E-state index in [1.54, 1.807) is 12.4 Å². The topological polar surface area (TPSA) is 73.6 Å². The molecule has 0 bridgehead atoms. The average Bonchev–Trinajstić information content (AvgIpc) is 3.26. The van der Waals surface area contributed by atoms with Crippen molar-refractivity contribution in [2.75, 3.05) is 0 Å². The number of rotatable bonds is 2. The van der Waals surface area contributed by atoms with Crippen molar-refractivity contribution in [3.8, 4) is 17.0 Å². The van der Waals surface area contributed by atoms with Gasteiger partial charge in [0.25, 0.3) is 0 Å². The van der Waals surface area contributed by atoms with Crippen LogP contribution in [0.5, 0.6) is 5.88 Å². The fourth-order valence-corrected chi connectivity index (χ4v) is 3.23. The summed E-state index contributed by atoms with van der Waals surface area (Å²) < 4.78 is 0. The summed E-state index contributed by atoms with van der Waals surface area (Å²) in [5.74, 6) is 0.150. The van der Waals surface area contributed by atoms with Crippen LogP contribution in [0.25, 0.3) is 34.3 Å². The number of aromatic hydroxyl groups is 1. The van der Waals surface area contributed by atoms with Crippen molar-refractivity contribution in [3.63, 3.8) is 0 Å². The molecule has 0 saturated carbocycles. The van der Waals surface area contributed by atoms with E-state index in [0.717, 1.165) is 43.7 Å². The van der Waals surface area contributed by atoms with Crippen molar-refractivity contribution in [3.05, 3.63) is 76.9 Å². The van der Waals surface area contributed by atoms with E-state index in [1.165, 1.54) is 0 Å². The monoisotopic (exact) mass is 338 g/mol. The van der Waals surface area contributed by atoms with E-state index in [0.29, 0.717) is 0 Å². The third-order valence-electron chi connectivity index (χ3n) is 4.54. The third kappa shape index (κ3) is 2.38. The predicted molar refractivity (Wildman–Crippen MR) is 101 cm³/mol. The van der Waals surface area contributed by atoms with Crippen LogP contribution in [-0.4, -0.2) is 15.1 Å². The fraction of sp³-hybridized carbons (Fsp3) is 0. The normalized spacial score (nSPS) is 13.2. The molecule has 0 unspecified atom stereocenters. The lowest BCUT2D eigenvalue weighted by Crippen LogP contribution is -2.06. The molecule has 1 aliphatic heterocycles. The van der Waals surface area contributed by atoms with Crippen LogP contribution in [0, 0.1) is 0 Å². The Hall–Kier alpha value is -3.73. The van der Waals surface area contributed by atoms with Gasteiger partial charge in [-0.3, -0.25) is 4.98 Å². The molecular formula is C21H14N4O. The molecule has 5 rings (SSSR count). The second-order valence-corrected chi connectivity index (χ2v) is 6.20. The van der Waals surface area contributed by atoms with Crippen molar-refractivity contribution in [1.82, 2.24) is 9.97 Å². The molecule has 1 aliphatic rings. The van der Waals surface area contributed by atoms with Crippen LogP contribution in [0.2, 0.25) is 0 Å². The summed E-state index contributed by atoms with van der Waals surface area (Å²) in [7, 11) is 0. The summed E-state index contributed by atoms with van der Waals surface area (Å²) in [6, 6.07) is 15.9. The molecule has 0 spiro atoms. The van der Waals surface area contributed by atoms with Gasteiger partial charge in [0.2, 0.25) is 0 Å². The number of nitrogens with one attached hydrogen (secondary N) is 1. The van der Waals surface area contributed by atoms with E-state index in [9.17, 15) is 5.11 Å². The van der Waals surface area contributed by atoms with Gasteiger partial charge in [0, 0.05) is 39.6 Å². The number of hydrogen-bond acceptors (Lipinski definition) is 4. The molecule has 0 atom stereocenters. The highest BCUT2D eigenvalue weighted by Crippen LogP contribution is 2.31. The van der Waals surface area contributed by atoms with Gasteiger partial charge in [-0.1, -0.05) is 30.3 Å². The van der Waals surface area contributed by atoms with E-state index in [-0.39, 0.29) is 5.88 Å². The van der Waals surface area contributed by atoms with Crippen LogP contribution in [0.1, 0.15) is 5.56 Å². The Morgan fingerprint density at radius 3 is 2.85 bits per heavy atom. The lowest BCUT2D eigenvalue weighted by atomic mass is 10.0. The van der Waals surface area contributed by atoms with Crippen LogP contribution < -0.4 is 10.4 Å². The first kappa shape index (κ1) is 14.6. The molecule has 2 N–H and O–H groups in total. The van der Waals surface area contributed by atoms with Gasteiger partial charge in [-0.25, -0.2) is 0 Å². The zero-order chi connectivity index (χ0) is 17.5. The van der Waals surface area contributed by atoms with E-state index in [2.05, 4.69) is 20.2 Å². The minimum Gasteiger partial charge on any atom is -0.494 e. The minimum absolute atomic E-state index is 0.150. The van der Waals surface area contributed by atoms with Crippen LogP contribution in [-0.2, 0) is 0 Å². The van der Waals surface area contributed by atoms with Gasteiger partial charge < -0.3 is 10.1 Å². The van der Waals surface area contributed by atoms with Crippen molar-refractivity contribution in [2.24, 2.45) is 10.2 Å². The molecule has 0 fully saturated rings. The smallest absolute Gasteiger partial charge is 0.196 e. The summed E-state index contributed by atoms with van der Waals surface area (Å²) in [4.78, 5) is 7.23. The van der Waals surface area contributed by atoms with Gasteiger partial charge in [-0.15, -0.1) is 0 Å². The highest BCUT2D eigenvalue weighted by Gasteiger charge is 2.10. The maximum Gasteiger partial charge on any atom is 0.196 e. The van der Waals surface area contributed by atoms with Crippen LogP contribution in [0.3, 0.4) is 0 Å². The molecule has 0 aliphatic carbocycles. The van der Waals surface area contributed by atoms with Crippen LogP contribution in [0.15, 0.2) is 71.2 Å². The molecule has 2 aromatic heterocycles. The molecular weight excluding hydrogens is 324 g/mol. The van der Waals surface area contributed by atoms with Gasteiger partial charge >= 0.3 is 0 Å². The number of azo groups is 1. The number of H-pyrrole nitrogens is 1. The van der Waals surface area contributed by atoms with E-state index >= 15 is 0 Å². The van der Waals surface area contributed by atoms with Crippen molar-refractivity contribution < 1.29 is 5.11 Å². The standard InChI is InChI=1S/C21H14N4O/c26-21-18(8-13-3-4-16-12-23-25-19(16)9-13)17-6-5-14(10-20(17)24-21)15-2-1-7-22-11-15/h1-12,24,26H/b13-8+. The molecule has 5 heteroatoms. The number of fused-ring (bicyclic) bond motifs is 2. The molecule has 0 radical (unpaired) electrons. The van der Waals surface area contributed by atoms with Gasteiger partial charge in [0.05, 0.1) is 11.9 Å². The lowest BCUT2D eigenvalue weighted by Gasteiger charge is -2.01. The maximum absolute atomic E-state index is 10.4. The molecule has 0 amide bonds. The molecule has 124 valence electrons. The summed E-state index contributed by atoms with van der Waals surface area (Å²) in [6.07, 6.45) is 7.27. The Morgan fingerprint density at radius 2 is 1.96 bits per heavy atom. The van der Waals surface area contributed by atoms with Gasteiger partial charge in [-0.05, 0) is 35.1 Å². The molecule has 0 saturated heterocycles. The molecule has 4 aromatic rings. The van der Waals surface area contributed by atoms with Crippen LogP contribution in [0.4, 0.5) is 5.69 Å². The van der Waals surface area contributed by atoms with E-state index < -0.39 is 0 Å². The van der Waals surface area contributed by atoms with E-state index in [4.69, 9.17) is 0 Å². The summed E-state index contributed by atoms with van der Waals surface area (Å²) in [6.45, 7) is 0. The van der Waals surface area contributed by atoms with Crippen LogP contribution >= 0.6 is 0 Å². The first-order valence-corrected chi connectivity index (χ1v) is 8.26. The predicted octanol–water partition coefficient (Wildman–Crippen LogP) is 3.60. The van der Waals surface area contributed by atoms with Gasteiger partial charge in [-0.2, -0.15) is 10.2 Å². The number of aromatic nitrogens is 2. The maximum atomic E-state index is 10.4. The lowest BCUT2D eigenvalue weighted by molar-refractivity contribution is 0.457. The Morgan fingerprint density at radius 1 is 1.00 bits per heavy atom. The van der Waals surface area contributed by atoms with Gasteiger partial charge in [0.15, 0.2) is 5.88 Å². The molecule has 5 nitrogen and oxygen atoms in total. The number of pyridine rings is 1. The van der Waals surface area contributed by atoms with Crippen molar-refractivity contribution in [1.29, 1.82) is 0 Å². The zero-order valence-electron chi connectivity index (χ0n) is 13.7. The Labute approximate surface area is 148 Å². The second-order valence-electron chi connectivity index (χ2n) is 6.20. The summed E-state index contributed by atoms with van der Waals surface area (Å²) >= 11 is 0. The molecule has 26 heavy (non-hydrogen) atoms. The highest BCUT2D eigenvalue weighted by atomic mass is 16.3. The Balaban J connectivity index is 1.65. The second kappa shape index (κ2) is 5.67. The van der Waals surface area contributed by atoms with E-state index in [1.807, 2.05) is 60.8 Å². The zero-order valence-corrected chi connectivity index (χ0v) is 13.7. The van der Waals surface area contributed by atoms with Gasteiger partial charge in [0.1, 0.15) is 0 Å². The molecule has 3 heterocycles. The molecule has 2 aromatic carbocycles. The quantitative estimate of drug-likeness (QED) is 0.586. The number of hydrogen-bond donors (Lipinski definition) is 2. The largest absolute Gasteiger partial charge is 0.494 e. The first-order valence-electron chi connectivity index (χ1n) is 8.26. The number of nitrogens with zero attached hydrogens (tertiary/aromatic N) is 3. The Kier molecular flexibility index (Phi) is 3.18. The summed E-state index contributed by atoms with van der Waals surface area (Å²) in [5, 5.41) is 21.3. The van der Waals surface area contributed by atoms with Crippen molar-refractivity contribution >= 4 is 28.9 Å². The number of benzene rings is 2. The number of aromatic amines is 1. The fourth-order valence-electron chi connectivity index (χ4n) is 3.23.